The van der Waals surface area contributed by atoms with Crippen LogP contribution in [0.4, 0.5) is 5.69 Å². The van der Waals surface area contributed by atoms with Crippen LogP contribution in [0.3, 0.4) is 0 Å². The summed E-state index contributed by atoms with van der Waals surface area (Å²) in [6.07, 6.45) is 7.61. The molecule has 0 bridgehead atoms. The highest BCUT2D eigenvalue weighted by Crippen LogP contribution is 2.22. The minimum Gasteiger partial charge on any atom is -0.396 e. The molecule has 0 amide bonds. The lowest BCUT2D eigenvalue weighted by atomic mass is 10.1. The number of hydrogen-bond acceptors (Lipinski definition) is 6. The molecule has 31 heavy (non-hydrogen) atoms. The zero-order valence-corrected chi connectivity index (χ0v) is 19.6. The van der Waals surface area contributed by atoms with Gasteiger partial charge in [0.25, 0.3) is 0 Å². The highest BCUT2D eigenvalue weighted by molar-refractivity contribution is 7.98. The molecule has 3 aromatic rings. The van der Waals surface area contributed by atoms with E-state index in [0.29, 0.717) is 12.1 Å². The SMILES string of the molecule is CS(=O)(=O)CCC(c1ccccc1)n1cc(N)cn1.CSCCC(O)c1ccccc1. The van der Waals surface area contributed by atoms with E-state index in [4.69, 9.17) is 5.73 Å². The summed E-state index contributed by atoms with van der Waals surface area (Å²) in [6, 6.07) is 19.4. The molecule has 0 aliphatic heterocycles. The number of thioether (sulfide) groups is 1. The van der Waals surface area contributed by atoms with Crippen molar-refractivity contribution in [1.29, 1.82) is 0 Å². The Bertz CT molecular complexity index is 993. The largest absolute Gasteiger partial charge is 0.396 e. The third-order valence-electron chi connectivity index (χ3n) is 4.67. The van der Waals surface area contributed by atoms with Crippen LogP contribution in [-0.2, 0) is 9.84 Å². The summed E-state index contributed by atoms with van der Waals surface area (Å²) in [7, 11) is -3.00. The van der Waals surface area contributed by atoms with Crippen LogP contribution >= 0.6 is 11.8 Å². The number of aliphatic hydroxyl groups excluding tert-OH is 1. The predicted molar refractivity (Wildman–Crippen MR) is 130 cm³/mol. The van der Waals surface area contributed by atoms with E-state index in [1.54, 1.807) is 28.8 Å². The lowest BCUT2D eigenvalue weighted by Gasteiger charge is -2.17. The van der Waals surface area contributed by atoms with Gasteiger partial charge in [-0.25, -0.2) is 8.42 Å². The summed E-state index contributed by atoms with van der Waals surface area (Å²) in [4.78, 5) is 0. The van der Waals surface area contributed by atoms with Crippen LogP contribution in [0.2, 0.25) is 0 Å². The highest BCUT2D eigenvalue weighted by Gasteiger charge is 2.17. The molecule has 0 aliphatic carbocycles. The first-order chi connectivity index (χ1) is 14.8. The molecule has 1 aromatic heterocycles. The Morgan fingerprint density at radius 1 is 1.03 bits per heavy atom. The smallest absolute Gasteiger partial charge is 0.147 e. The van der Waals surface area contributed by atoms with Gasteiger partial charge in [-0.1, -0.05) is 60.7 Å². The fraction of sp³-hybridized carbons (Fsp3) is 0.348. The molecule has 3 N–H and O–H groups in total. The molecule has 2 atom stereocenters. The topological polar surface area (TPSA) is 98.2 Å². The second kappa shape index (κ2) is 12.5. The number of nitrogens with zero attached hydrogens (tertiary/aromatic N) is 2. The van der Waals surface area contributed by atoms with Crippen molar-refractivity contribution in [2.24, 2.45) is 0 Å². The number of nitrogens with two attached hydrogens (primary N) is 1. The number of sulfone groups is 1. The molecule has 0 radical (unpaired) electrons. The van der Waals surface area contributed by atoms with Crippen molar-refractivity contribution >= 4 is 27.3 Å². The van der Waals surface area contributed by atoms with Crippen LogP contribution in [0, 0.1) is 0 Å². The van der Waals surface area contributed by atoms with E-state index in [1.165, 1.54) is 6.26 Å². The molecule has 2 unspecified atom stereocenters. The third-order valence-corrected chi connectivity index (χ3v) is 6.29. The molecule has 8 heteroatoms. The average Bonchev–Trinajstić information content (AvgIpc) is 3.19. The van der Waals surface area contributed by atoms with E-state index in [0.717, 1.165) is 23.3 Å². The molecule has 3 rings (SSSR count). The third kappa shape index (κ3) is 9.16. The Labute approximate surface area is 189 Å². The second-order valence-electron chi connectivity index (χ2n) is 7.31. The summed E-state index contributed by atoms with van der Waals surface area (Å²) in [5.41, 5.74) is 8.29. The number of aromatic nitrogens is 2. The molecule has 0 aliphatic rings. The van der Waals surface area contributed by atoms with Gasteiger partial charge in [0.2, 0.25) is 0 Å². The van der Waals surface area contributed by atoms with Crippen molar-refractivity contribution in [2.45, 2.75) is 25.0 Å². The highest BCUT2D eigenvalue weighted by atomic mass is 32.2. The van der Waals surface area contributed by atoms with E-state index < -0.39 is 9.84 Å². The van der Waals surface area contributed by atoms with Crippen LogP contribution in [0.15, 0.2) is 73.1 Å². The summed E-state index contributed by atoms with van der Waals surface area (Å²) in [5, 5.41) is 13.8. The number of nitrogen functional groups attached to an aromatic ring is 1. The van der Waals surface area contributed by atoms with Gasteiger partial charge < -0.3 is 10.8 Å². The van der Waals surface area contributed by atoms with Crippen molar-refractivity contribution in [2.75, 3.05) is 29.8 Å². The normalized spacial score (nSPS) is 13.1. The first-order valence-corrected chi connectivity index (χ1v) is 13.5. The predicted octanol–water partition coefficient (Wildman–Crippen LogP) is 3.96. The van der Waals surface area contributed by atoms with Crippen molar-refractivity contribution in [1.82, 2.24) is 9.78 Å². The fourth-order valence-electron chi connectivity index (χ4n) is 3.05. The zero-order valence-electron chi connectivity index (χ0n) is 18.0. The Balaban J connectivity index is 0.000000245. The van der Waals surface area contributed by atoms with E-state index in [-0.39, 0.29) is 17.9 Å². The number of rotatable bonds is 9. The minimum atomic E-state index is -3.00. The summed E-state index contributed by atoms with van der Waals surface area (Å²) < 4.78 is 24.4. The number of aliphatic hydroxyl groups is 1. The molecule has 0 spiro atoms. The number of anilines is 1. The zero-order chi connectivity index (χ0) is 22.7. The lowest BCUT2D eigenvalue weighted by Crippen LogP contribution is -2.16. The first-order valence-electron chi connectivity index (χ1n) is 10.0. The number of hydrogen-bond donors (Lipinski definition) is 2. The fourth-order valence-corrected chi connectivity index (χ4v) is 4.16. The van der Waals surface area contributed by atoms with E-state index in [2.05, 4.69) is 11.4 Å². The summed E-state index contributed by atoms with van der Waals surface area (Å²) in [6.45, 7) is 0. The van der Waals surface area contributed by atoms with Crippen LogP contribution in [0.1, 0.15) is 36.1 Å². The molecule has 0 fully saturated rings. The average molecular weight is 462 g/mol. The van der Waals surface area contributed by atoms with E-state index >= 15 is 0 Å². The van der Waals surface area contributed by atoms with Gasteiger partial charge in [0.05, 0.1) is 29.8 Å². The van der Waals surface area contributed by atoms with Gasteiger partial charge in [-0.15, -0.1) is 0 Å². The monoisotopic (exact) mass is 461 g/mol. The van der Waals surface area contributed by atoms with Crippen molar-refractivity contribution < 1.29 is 13.5 Å². The molecule has 2 aromatic carbocycles. The molecule has 168 valence electrons. The molecule has 6 nitrogen and oxygen atoms in total. The van der Waals surface area contributed by atoms with Crippen molar-refractivity contribution in [3.8, 4) is 0 Å². The van der Waals surface area contributed by atoms with Gasteiger partial charge in [-0.2, -0.15) is 16.9 Å². The molecule has 1 heterocycles. The molecular formula is C23H31N3O3S2. The minimum absolute atomic E-state index is 0.117. The van der Waals surface area contributed by atoms with Crippen LogP contribution in [0.5, 0.6) is 0 Å². The van der Waals surface area contributed by atoms with Gasteiger partial charge in [0.15, 0.2) is 0 Å². The van der Waals surface area contributed by atoms with Gasteiger partial charge in [-0.3, -0.25) is 4.68 Å². The lowest BCUT2D eigenvalue weighted by molar-refractivity contribution is 0.175. The van der Waals surface area contributed by atoms with E-state index in [9.17, 15) is 13.5 Å². The summed E-state index contributed by atoms with van der Waals surface area (Å²) >= 11 is 1.76. The molecule has 0 saturated carbocycles. The first kappa shape index (κ1) is 25.0. The maximum Gasteiger partial charge on any atom is 0.147 e. The number of benzene rings is 2. The second-order valence-corrected chi connectivity index (χ2v) is 10.6. The maximum absolute atomic E-state index is 11.3. The van der Waals surface area contributed by atoms with Gasteiger partial charge in [0.1, 0.15) is 9.84 Å². The van der Waals surface area contributed by atoms with Crippen LogP contribution in [0.25, 0.3) is 0 Å². The molecule has 0 saturated heterocycles. The quantitative estimate of drug-likeness (QED) is 0.500. The maximum atomic E-state index is 11.3. The van der Waals surface area contributed by atoms with Crippen LogP contribution in [-0.4, -0.2) is 47.3 Å². The van der Waals surface area contributed by atoms with Crippen molar-refractivity contribution in [3.05, 3.63) is 84.2 Å². The summed E-state index contributed by atoms with van der Waals surface area (Å²) in [5.74, 6) is 1.13. The van der Waals surface area contributed by atoms with Gasteiger partial charge in [-0.05, 0) is 36.0 Å². The Kier molecular flexibility index (Phi) is 10.1. The standard InChI is InChI=1S/C13H17N3O2S.C10H14OS/c1-19(17,18)8-7-13(11-5-3-2-4-6-11)16-10-12(14)9-15-16;1-12-8-7-10(11)9-5-3-2-4-6-9/h2-6,9-10,13H,7-8,14H2,1H3;2-6,10-11H,7-8H2,1H3. The van der Waals surface area contributed by atoms with Gasteiger partial charge in [0, 0.05) is 12.5 Å². The Morgan fingerprint density at radius 3 is 2.10 bits per heavy atom. The van der Waals surface area contributed by atoms with Crippen LogP contribution < -0.4 is 5.73 Å². The Hall–Kier alpha value is -2.29. The Morgan fingerprint density at radius 2 is 1.61 bits per heavy atom. The molecular weight excluding hydrogens is 430 g/mol. The van der Waals surface area contributed by atoms with Gasteiger partial charge >= 0.3 is 0 Å². The van der Waals surface area contributed by atoms with E-state index in [1.807, 2.05) is 60.7 Å². The van der Waals surface area contributed by atoms with Crippen molar-refractivity contribution in [3.63, 3.8) is 0 Å².